The maximum atomic E-state index is 9.63. The molecule has 0 aliphatic rings. The van der Waals surface area contributed by atoms with E-state index in [0.717, 1.165) is 0 Å². The molecule has 0 radical (unpaired) electrons. The molecule has 0 bridgehead atoms. The fraction of sp³-hybridized carbons (Fsp3) is 1.00. The van der Waals surface area contributed by atoms with Gasteiger partial charge in [0.25, 0.3) is 0 Å². The lowest BCUT2D eigenvalue weighted by Gasteiger charge is -2.53. The van der Waals surface area contributed by atoms with Crippen LogP contribution in [-0.2, 0) is 13.4 Å². The zero-order valence-corrected chi connectivity index (χ0v) is 38.5. The van der Waals surface area contributed by atoms with Crippen molar-refractivity contribution in [1.82, 2.24) is 14.7 Å². The molecule has 0 spiro atoms. The second-order valence-corrected chi connectivity index (χ2v) is 24.2. The molecule has 0 aromatic carbocycles. The summed E-state index contributed by atoms with van der Waals surface area (Å²) in [5, 5.41) is 0. The molecule has 0 amide bonds. The molecular formula is C36H85N3O7P2. The zero-order valence-electron chi connectivity index (χ0n) is 36.7. The first-order valence-corrected chi connectivity index (χ1v) is 20.1. The minimum absolute atomic E-state index is 0.219. The molecule has 10 nitrogen and oxygen atoms in total. The molecule has 0 aliphatic carbocycles. The van der Waals surface area contributed by atoms with E-state index in [4.69, 9.17) is 19.6 Å². The molecule has 0 fully saturated rings. The van der Waals surface area contributed by atoms with Crippen LogP contribution in [0.3, 0.4) is 0 Å². The van der Waals surface area contributed by atoms with Crippen molar-refractivity contribution in [2.75, 3.05) is 0 Å². The highest BCUT2D eigenvalue weighted by Gasteiger charge is 2.41. The second-order valence-electron chi connectivity index (χ2n) is 21.6. The van der Waals surface area contributed by atoms with E-state index in [1.165, 1.54) is 0 Å². The van der Waals surface area contributed by atoms with Gasteiger partial charge in [0, 0.05) is 49.9 Å². The highest BCUT2D eigenvalue weighted by molar-refractivity contribution is 7.60. The summed E-state index contributed by atoms with van der Waals surface area (Å²) in [4.78, 5) is 38.7. The molecule has 48 heavy (non-hydrogen) atoms. The van der Waals surface area contributed by atoms with Gasteiger partial charge in [0.2, 0.25) is 0 Å². The van der Waals surface area contributed by atoms with Gasteiger partial charge in [-0.05, 0) is 187 Å². The van der Waals surface area contributed by atoms with Gasteiger partial charge < -0.3 is 19.6 Å². The molecule has 0 unspecified atom stereocenters. The van der Waals surface area contributed by atoms with Gasteiger partial charge in [-0.3, -0.25) is 14.7 Å². The van der Waals surface area contributed by atoms with Crippen LogP contribution in [-0.4, -0.2) is 84.1 Å². The summed E-state index contributed by atoms with van der Waals surface area (Å²) in [6.07, 6.45) is 0. The molecule has 0 atom stereocenters. The Kier molecular flexibility index (Phi) is 19.8. The molecule has 12 heteroatoms. The van der Waals surface area contributed by atoms with Crippen molar-refractivity contribution < 1.29 is 33.0 Å². The maximum absolute atomic E-state index is 9.63. The summed E-state index contributed by atoms with van der Waals surface area (Å²) in [7, 11) is -10.1. The second kappa shape index (κ2) is 17.3. The maximum Gasteiger partial charge on any atom is 0.478 e. The largest absolute Gasteiger partial charge is 0.478 e. The van der Waals surface area contributed by atoms with E-state index in [2.05, 4.69) is 206 Å². The van der Waals surface area contributed by atoms with E-state index in [0.29, 0.717) is 0 Å². The Labute approximate surface area is 299 Å². The lowest BCUT2D eigenvalue weighted by molar-refractivity contribution is -0.0409. The molecule has 0 heterocycles. The molecule has 296 valence electrons. The summed E-state index contributed by atoms with van der Waals surface area (Å²) in [6, 6.07) is 0. The number of rotatable bonds is 2. The van der Waals surface area contributed by atoms with Gasteiger partial charge in [-0.15, -0.1) is 0 Å². The van der Waals surface area contributed by atoms with Gasteiger partial charge >= 0.3 is 15.6 Å². The lowest BCUT2D eigenvalue weighted by atomic mass is 9.88. The van der Waals surface area contributed by atoms with Gasteiger partial charge in [-0.2, -0.15) is 4.31 Å². The highest BCUT2D eigenvalue weighted by atomic mass is 31.3. The molecule has 0 rings (SSSR count). The summed E-state index contributed by atoms with van der Waals surface area (Å²) in [5.74, 6) is 0. The number of hydrogen-bond donors (Lipinski definition) is 4. The van der Waals surface area contributed by atoms with Crippen LogP contribution in [0.1, 0.15) is 187 Å². The first-order chi connectivity index (χ1) is 19.8. The summed E-state index contributed by atoms with van der Waals surface area (Å²) in [5.41, 5.74) is 1.97. The zero-order chi connectivity index (χ0) is 40.9. The van der Waals surface area contributed by atoms with Gasteiger partial charge in [-0.1, -0.05) is 0 Å². The van der Waals surface area contributed by atoms with E-state index in [1.54, 1.807) is 0 Å². The van der Waals surface area contributed by atoms with E-state index in [9.17, 15) is 9.13 Å². The quantitative estimate of drug-likeness (QED) is 0.203. The van der Waals surface area contributed by atoms with Crippen LogP contribution < -0.4 is 0 Å². The van der Waals surface area contributed by atoms with E-state index in [1.807, 2.05) is 0 Å². The fourth-order valence-corrected chi connectivity index (χ4v) is 10.3. The number of hydrogen-bond acceptors (Lipinski definition) is 6. The van der Waals surface area contributed by atoms with Crippen molar-refractivity contribution in [3.63, 3.8) is 0 Å². The van der Waals surface area contributed by atoms with E-state index >= 15 is 0 Å². The van der Waals surface area contributed by atoms with Crippen LogP contribution in [0, 0.1) is 0 Å². The molecule has 0 aromatic rings. The van der Waals surface area contributed by atoms with Crippen LogP contribution in [0.2, 0.25) is 0 Å². The van der Waals surface area contributed by atoms with Gasteiger partial charge in [0.1, 0.15) is 0 Å². The van der Waals surface area contributed by atoms with E-state index in [-0.39, 0.29) is 49.9 Å². The van der Waals surface area contributed by atoms with Crippen LogP contribution >= 0.6 is 15.6 Å². The number of phosphoric acid groups is 2. The summed E-state index contributed by atoms with van der Waals surface area (Å²) >= 11 is 0. The minimum Gasteiger partial charge on any atom is -0.302 e. The standard InChI is InChI=1S/3C12H27N.H4O7P2/c3*1-10(2,3)13(11(4,5)6)12(7,8)9;1-8(2,3)7-9(4,5)6/h3*1-9H3;(H2,1,2,3)(H2,4,5,6). The van der Waals surface area contributed by atoms with E-state index < -0.39 is 15.6 Å². The lowest BCUT2D eigenvalue weighted by Crippen LogP contribution is -2.61. The molecule has 0 saturated carbocycles. The van der Waals surface area contributed by atoms with Crippen molar-refractivity contribution in [3.05, 3.63) is 0 Å². The monoisotopic (exact) mass is 734 g/mol. The Morgan fingerprint density at radius 2 is 0.375 bits per heavy atom. The van der Waals surface area contributed by atoms with Gasteiger partial charge in [-0.25, -0.2) is 9.13 Å². The normalized spacial score (nSPS) is 15.0. The first kappa shape index (κ1) is 54.9. The first-order valence-electron chi connectivity index (χ1n) is 17.0. The Morgan fingerprint density at radius 3 is 0.375 bits per heavy atom. The van der Waals surface area contributed by atoms with Crippen molar-refractivity contribution in [2.24, 2.45) is 0 Å². The summed E-state index contributed by atoms with van der Waals surface area (Å²) < 4.78 is 22.2. The molecule has 4 N–H and O–H groups in total. The predicted molar refractivity (Wildman–Crippen MR) is 208 cm³/mol. The average Bonchev–Trinajstić information content (AvgIpc) is 2.44. The molecule has 0 aliphatic heterocycles. The van der Waals surface area contributed by atoms with Crippen molar-refractivity contribution in [3.8, 4) is 0 Å². The SMILES string of the molecule is CC(C)(C)N(C(C)(C)C)C(C)(C)C.CC(C)(C)N(C(C)(C)C)C(C)(C)C.CC(C)(C)N(C(C)(C)C)C(C)(C)C.O=P(O)(O)OP(=O)(O)O. The van der Waals surface area contributed by atoms with Crippen LogP contribution in [0.15, 0.2) is 0 Å². The molecule has 0 saturated heterocycles. The average molecular weight is 734 g/mol. The third kappa shape index (κ3) is 26.0. The predicted octanol–water partition coefficient (Wildman–Crippen LogP) is 10.2. The van der Waals surface area contributed by atoms with Crippen LogP contribution in [0.5, 0.6) is 0 Å². The third-order valence-electron chi connectivity index (χ3n) is 6.25. The molecule has 0 aromatic heterocycles. The topological polar surface area (TPSA) is 134 Å². The van der Waals surface area contributed by atoms with Gasteiger partial charge in [0.15, 0.2) is 0 Å². The smallest absolute Gasteiger partial charge is 0.302 e. The molecular weight excluding hydrogens is 648 g/mol. The third-order valence-corrected chi connectivity index (χ3v) is 7.95. The number of nitrogens with zero attached hydrogens (tertiary/aromatic N) is 3. The van der Waals surface area contributed by atoms with Crippen molar-refractivity contribution in [2.45, 2.75) is 237 Å². The Bertz CT molecular complexity index is 800. The Balaban J connectivity index is -0.000000271. The van der Waals surface area contributed by atoms with Crippen molar-refractivity contribution in [1.29, 1.82) is 0 Å². The summed E-state index contributed by atoms with van der Waals surface area (Å²) in [6.45, 7) is 61.6. The Morgan fingerprint density at radius 1 is 0.292 bits per heavy atom. The fourth-order valence-electron chi connectivity index (χ4n) is 9.19. The highest BCUT2D eigenvalue weighted by Crippen LogP contribution is 2.53. The minimum atomic E-state index is -5.05. The Hall–Kier alpha value is 0.140. The van der Waals surface area contributed by atoms with Crippen LogP contribution in [0.25, 0.3) is 0 Å². The van der Waals surface area contributed by atoms with Crippen LogP contribution in [0.4, 0.5) is 0 Å². The van der Waals surface area contributed by atoms with Crippen molar-refractivity contribution >= 4 is 15.6 Å². The van der Waals surface area contributed by atoms with Gasteiger partial charge in [0.05, 0.1) is 0 Å².